The normalized spacial score (nSPS) is 10.6. The summed E-state index contributed by atoms with van der Waals surface area (Å²) in [6, 6.07) is 5.14. The highest BCUT2D eigenvalue weighted by Gasteiger charge is 2.04. The van der Waals surface area contributed by atoms with E-state index >= 15 is 0 Å². The van der Waals surface area contributed by atoms with Crippen molar-refractivity contribution in [1.82, 2.24) is 4.98 Å². The summed E-state index contributed by atoms with van der Waals surface area (Å²) in [6.07, 6.45) is 1.61. The zero-order valence-corrected chi connectivity index (χ0v) is 7.85. The van der Waals surface area contributed by atoms with E-state index in [1.807, 2.05) is 13.0 Å². The van der Waals surface area contributed by atoms with E-state index in [1.165, 1.54) is 6.07 Å². The molecule has 2 nitrogen and oxygen atoms in total. The first-order valence-corrected chi connectivity index (χ1v) is 4.34. The lowest BCUT2D eigenvalue weighted by atomic mass is 10.1. The molecule has 3 heteroatoms. The molecule has 0 saturated carbocycles. The predicted molar refractivity (Wildman–Crippen MR) is 54.3 cm³/mol. The molecule has 0 atom stereocenters. The second-order valence-electron chi connectivity index (χ2n) is 2.96. The average Bonchev–Trinajstić information content (AvgIpc) is 2.12. The third-order valence-corrected chi connectivity index (χ3v) is 2.39. The van der Waals surface area contributed by atoms with E-state index in [2.05, 4.69) is 4.98 Å². The second kappa shape index (κ2) is 2.89. The Balaban J connectivity index is 3.09. The van der Waals surface area contributed by atoms with Gasteiger partial charge < -0.3 is 4.98 Å². The summed E-state index contributed by atoms with van der Waals surface area (Å²) in [7, 11) is 0. The fourth-order valence-corrected chi connectivity index (χ4v) is 1.64. The van der Waals surface area contributed by atoms with Gasteiger partial charge in [-0.3, -0.25) is 4.79 Å². The number of nitrogens with one attached hydrogen (secondary N) is 1. The summed E-state index contributed by atoms with van der Waals surface area (Å²) in [5, 5.41) is 1.26. The van der Waals surface area contributed by atoms with Crippen molar-refractivity contribution in [1.29, 1.82) is 0 Å². The molecule has 0 aliphatic carbocycles. The van der Waals surface area contributed by atoms with E-state index in [0.717, 1.165) is 5.56 Å². The van der Waals surface area contributed by atoms with Gasteiger partial charge in [0.15, 0.2) is 5.43 Å². The van der Waals surface area contributed by atoms with Crippen LogP contribution < -0.4 is 5.43 Å². The molecular weight excluding hydrogens is 186 g/mol. The van der Waals surface area contributed by atoms with Gasteiger partial charge >= 0.3 is 0 Å². The molecule has 2 rings (SSSR count). The number of hydrogen-bond acceptors (Lipinski definition) is 1. The Bertz CT molecular complexity index is 516. The summed E-state index contributed by atoms with van der Waals surface area (Å²) in [6.45, 7) is 1.90. The predicted octanol–water partition coefficient (Wildman–Crippen LogP) is 2.49. The van der Waals surface area contributed by atoms with Gasteiger partial charge in [-0.25, -0.2) is 0 Å². The standard InChI is InChI=1S/C10H8ClNO/c1-6-2-3-7(11)10-9(6)8(13)4-5-12-10/h2-5H,1H3,(H,12,13). The fraction of sp³-hybridized carbons (Fsp3) is 0.100. The van der Waals surface area contributed by atoms with Crippen LogP contribution >= 0.6 is 11.6 Å². The average molecular weight is 194 g/mol. The topological polar surface area (TPSA) is 32.9 Å². The number of pyridine rings is 1. The lowest BCUT2D eigenvalue weighted by molar-refractivity contribution is 1.37. The van der Waals surface area contributed by atoms with Crippen LogP contribution in [0.25, 0.3) is 10.9 Å². The first-order chi connectivity index (χ1) is 6.20. The molecule has 0 aliphatic rings. The highest BCUT2D eigenvalue weighted by molar-refractivity contribution is 6.35. The van der Waals surface area contributed by atoms with Crippen molar-refractivity contribution in [3.05, 3.63) is 45.2 Å². The molecule has 0 bridgehead atoms. The molecular formula is C10H8ClNO. The van der Waals surface area contributed by atoms with E-state index in [0.29, 0.717) is 15.9 Å². The maximum Gasteiger partial charge on any atom is 0.189 e. The van der Waals surface area contributed by atoms with Crippen LogP contribution in [0, 0.1) is 6.92 Å². The van der Waals surface area contributed by atoms with Crippen LogP contribution in [0.5, 0.6) is 0 Å². The summed E-state index contributed by atoms with van der Waals surface area (Å²) < 4.78 is 0. The number of H-pyrrole nitrogens is 1. The molecule has 0 spiro atoms. The van der Waals surface area contributed by atoms with Crippen LogP contribution in [-0.4, -0.2) is 4.98 Å². The van der Waals surface area contributed by atoms with Gasteiger partial charge in [0.05, 0.1) is 10.5 Å². The largest absolute Gasteiger partial charge is 0.360 e. The summed E-state index contributed by atoms with van der Waals surface area (Å²) >= 11 is 5.93. The minimum atomic E-state index is 0.00810. The van der Waals surface area contributed by atoms with Crippen molar-refractivity contribution in [3.8, 4) is 0 Å². The lowest BCUT2D eigenvalue weighted by Crippen LogP contribution is -2.02. The molecule has 0 radical (unpaired) electrons. The summed E-state index contributed by atoms with van der Waals surface area (Å²) in [5.74, 6) is 0. The summed E-state index contributed by atoms with van der Waals surface area (Å²) in [5.41, 5.74) is 1.67. The zero-order valence-electron chi connectivity index (χ0n) is 7.10. The number of fused-ring (bicyclic) bond motifs is 1. The monoisotopic (exact) mass is 193 g/mol. The van der Waals surface area contributed by atoms with Gasteiger partial charge in [-0.15, -0.1) is 0 Å². The van der Waals surface area contributed by atoms with Gasteiger partial charge in [0.1, 0.15) is 0 Å². The van der Waals surface area contributed by atoms with Crippen LogP contribution in [0.1, 0.15) is 5.56 Å². The molecule has 0 unspecified atom stereocenters. The molecule has 1 heterocycles. The Morgan fingerprint density at radius 2 is 2.08 bits per heavy atom. The van der Waals surface area contributed by atoms with E-state index in [-0.39, 0.29) is 5.43 Å². The third kappa shape index (κ3) is 1.23. The first-order valence-electron chi connectivity index (χ1n) is 3.96. The molecule has 0 saturated heterocycles. The number of aryl methyl sites for hydroxylation is 1. The molecule has 1 aromatic heterocycles. The zero-order chi connectivity index (χ0) is 9.42. The van der Waals surface area contributed by atoms with Crippen molar-refractivity contribution >= 4 is 22.5 Å². The Hall–Kier alpha value is -1.28. The second-order valence-corrected chi connectivity index (χ2v) is 3.36. The van der Waals surface area contributed by atoms with Crippen LogP contribution in [-0.2, 0) is 0 Å². The molecule has 0 aliphatic heterocycles. The van der Waals surface area contributed by atoms with Gasteiger partial charge in [-0.05, 0) is 18.6 Å². The van der Waals surface area contributed by atoms with Gasteiger partial charge in [-0.2, -0.15) is 0 Å². The van der Waals surface area contributed by atoms with E-state index in [4.69, 9.17) is 11.6 Å². The summed E-state index contributed by atoms with van der Waals surface area (Å²) in [4.78, 5) is 14.4. The quantitative estimate of drug-likeness (QED) is 0.685. The molecule has 2 aromatic rings. The molecule has 1 aromatic carbocycles. The fourth-order valence-electron chi connectivity index (χ4n) is 1.42. The SMILES string of the molecule is Cc1ccc(Cl)c2[nH]ccc(=O)c12. The minimum Gasteiger partial charge on any atom is -0.360 e. The molecule has 0 fully saturated rings. The minimum absolute atomic E-state index is 0.00810. The van der Waals surface area contributed by atoms with Crippen molar-refractivity contribution < 1.29 is 0 Å². The van der Waals surface area contributed by atoms with Gasteiger partial charge in [0.2, 0.25) is 0 Å². The first kappa shape index (κ1) is 8.32. The Kier molecular flexibility index (Phi) is 1.85. The number of aromatic nitrogens is 1. The Labute approximate surface area is 80.2 Å². The number of aromatic amines is 1. The highest BCUT2D eigenvalue weighted by atomic mass is 35.5. The Morgan fingerprint density at radius 1 is 1.31 bits per heavy atom. The number of halogens is 1. The van der Waals surface area contributed by atoms with Crippen LogP contribution in [0.3, 0.4) is 0 Å². The van der Waals surface area contributed by atoms with Gasteiger partial charge in [0, 0.05) is 17.6 Å². The maximum absolute atomic E-state index is 11.5. The molecule has 66 valence electrons. The van der Waals surface area contributed by atoms with E-state index in [9.17, 15) is 4.79 Å². The van der Waals surface area contributed by atoms with Crippen molar-refractivity contribution in [3.63, 3.8) is 0 Å². The van der Waals surface area contributed by atoms with Crippen molar-refractivity contribution in [2.24, 2.45) is 0 Å². The Morgan fingerprint density at radius 3 is 2.77 bits per heavy atom. The third-order valence-electron chi connectivity index (χ3n) is 2.07. The number of rotatable bonds is 0. The highest BCUT2D eigenvalue weighted by Crippen LogP contribution is 2.20. The van der Waals surface area contributed by atoms with E-state index < -0.39 is 0 Å². The lowest BCUT2D eigenvalue weighted by Gasteiger charge is -2.01. The van der Waals surface area contributed by atoms with Crippen LogP contribution in [0.2, 0.25) is 5.02 Å². The van der Waals surface area contributed by atoms with E-state index in [1.54, 1.807) is 12.3 Å². The maximum atomic E-state index is 11.5. The molecule has 1 N–H and O–H groups in total. The smallest absolute Gasteiger partial charge is 0.189 e. The molecule has 13 heavy (non-hydrogen) atoms. The number of benzene rings is 1. The van der Waals surface area contributed by atoms with Gasteiger partial charge in [-0.1, -0.05) is 17.7 Å². The number of hydrogen-bond donors (Lipinski definition) is 1. The van der Waals surface area contributed by atoms with Gasteiger partial charge in [0.25, 0.3) is 0 Å². The van der Waals surface area contributed by atoms with Crippen molar-refractivity contribution in [2.75, 3.05) is 0 Å². The van der Waals surface area contributed by atoms with Crippen molar-refractivity contribution in [2.45, 2.75) is 6.92 Å². The van der Waals surface area contributed by atoms with Crippen LogP contribution in [0.15, 0.2) is 29.2 Å². The molecule has 0 amide bonds. The van der Waals surface area contributed by atoms with Crippen LogP contribution in [0.4, 0.5) is 0 Å².